The molecule has 2 heteroatoms. The quantitative estimate of drug-likeness (QED) is 0.579. The fraction of sp³-hybridized carbons (Fsp3) is 0.929. The molecular weight excluding hydrogens is 198 g/mol. The molecule has 0 spiro atoms. The van der Waals surface area contributed by atoms with Gasteiger partial charge in [-0.25, -0.2) is 0 Å². The van der Waals surface area contributed by atoms with Gasteiger partial charge in [0.15, 0.2) is 0 Å². The summed E-state index contributed by atoms with van der Waals surface area (Å²) in [6, 6.07) is 0. The van der Waals surface area contributed by atoms with Gasteiger partial charge in [-0.1, -0.05) is 47.0 Å². The molecule has 1 N–H and O–H groups in total. The lowest BCUT2D eigenvalue weighted by Gasteiger charge is -2.07. The molecule has 0 saturated carbocycles. The van der Waals surface area contributed by atoms with E-state index in [0.717, 1.165) is 25.3 Å². The third kappa shape index (κ3) is 11.7. The topological polar surface area (TPSA) is 29.1 Å². The Labute approximate surface area is 101 Å². The highest BCUT2D eigenvalue weighted by Crippen LogP contribution is 2.09. The van der Waals surface area contributed by atoms with Gasteiger partial charge in [0.2, 0.25) is 0 Å². The summed E-state index contributed by atoms with van der Waals surface area (Å²) in [7, 11) is 0. The lowest BCUT2D eigenvalue weighted by Crippen LogP contribution is -2.26. The molecule has 0 aromatic heterocycles. The van der Waals surface area contributed by atoms with Gasteiger partial charge in [0.25, 0.3) is 0 Å². The van der Waals surface area contributed by atoms with Crippen molar-refractivity contribution in [1.29, 1.82) is 0 Å². The summed E-state index contributed by atoms with van der Waals surface area (Å²) in [6.07, 6.45) is 5.58. The van der Waals surface area contributed by atoms with E-state index >= 15 is 0 Å². The van der Waals surface area contributed by atoms with Gasteiger partial charge in [-0.2, -0.15) is 0 Å². The molecule has 0 atom stereocenters. The average molecular weight is 227 g/mol. The summed E-state index contributed by atoms with van der Waals surface area (Å²) >= 11 is 0. The third-order valence-corrected chi connectivity index (χ3v) is 2.61. The first kappa shape index (κ1) is 15.6. The number of hydrogen-bond donors (Lipinski definition) is 1. The molecule has 0 saturated heterocycles. The maximum absolute atomic E-state index is 11.5. The minimum Gasteiger partial charge on any atom is -0.310 e. The number of nitrogens with one attached hydrogen (secondary N) is 1. The summed E-state index contributed by atoms with van der Waals surface area (Å²) in [4.78, 5) is 11.5. The van der Waals surface area contributed by atoms with Crippen LogP contribution in [0.2, 0.25) is 0 Å². The smallest absolute Gasteiger partial charge is 0.146 e. The lowest BCUT2D eigenvalue weighted by atomic mass is 10.0. The maximum Gasteiger partial charge on any atom is 0.146 e. The zero-order valence-corrected chi connectivity index (χ0v) is 11.5. The predicted molar refractivity (Wildman–Crippen MR) is 70.6 cm³/mol. The highest BCUT2D eigenvalue weighted by molar-refractivity contribution is 5.80. The Morgan fingerprint density at radius 2 is 1.69 bits per heavy atom. The van der Waals surface area contributed by atoms with Gasteiger partial charge in [0, 0.05) is 6.42 Å². The van der Waals surface area contributed by atoms with Crippen molar-refractivity contribution in [1.82, 2.24) is 5.32 Å². The molecule has 0 aromatic carbocycles. The SMILES string of the molecule is CC(C)CCCCCC(=O)CNCC(C)C. The van der Waals surface area contributed by atoms with Crippen molar-refractivity contribution in [3.05, 3.63) is 0 Å². The van der Waals surface area contributed by atoms with Crippen LogP contribution in [0.4, 0.5) is 0 Å². The molecule has 0 amide bonds. The van der Waals surface area contributed by atoms with E-state index in [-0.39, 0.29) is 0 Å². The highest BCUT2D eigenvalue weighted by atomic mass is 16.1. The Bertz CT molecular complexity index is 176. The number of ketones is 1. The molecule has 0 rings (SSSR count). The second kappa shape index (κ2) is 9.83. The number of carbonyl (C=O) groups excluding carboxylic acids is 1. The van der Waals surface area contributed by atoms with Crippen LogP contribution in [0.15, 0.2) is 0 Å². The number of unbranched alkanes of at least 4 members (excludes halogenated alkanes) is 2. The van der Waals surface area contributed by atoms with Crippen LogP contribution in [-0.2, 0) is 4.79 Å². The van der Waals surface area contributed by atoms with Crippen LogP contribution in [0.5, 0.6) is 0 Å². The fourth-order valence-electron chi connectivity index (χ4n) is 1.64. The Hall–Kier alpha value is -0.370. The number of hydrogen-bond acceptors (Lipinski definition) is 2. The first-order chi connectivity index (χ1) is 7.52. The second-order valence-electron chi connectivity index (χ2n) is 5.56. The molecule has 16 heavy (non-hydrogen) atoms. The van der Waals surface area contributed by atoms with Crippen molar-refractivity contribution in [3.63, 3.8) is 0 Å². The summed E-state index contributed by atoms with van der Waals surface area (Å²) in [5, 5.41) is 3.19. The van der Waals surface area contributed by atoms with Gasteiger partial charge in [-0.05, 0) is 24.8 Å². The van der Waals surface area contributed by atoms with Crippen LogP contribution in [0.3, 0.4) is 0 Å². The molecule has 0 aliphatic heterocycles. The first-order valence-corrected chi connectivity index (χ1v) is 6.74. The summed E-state index contributed by atoms with van der Waals surface area (Å²) in [5.74, 6) is 1.78. The van der Waals surface area contributed by atoms with Gasteiger partial charge in [0.05, 0.1) is 6.54 Å². The average Bonchev–Trinajstić information content (AvgIpc) is 2.16. The largest absolute Gasteiger partial charge is 0.310 e. The molecule has 2 nitrogen and oxygen atoms in total. The fourth-order valence-corrected chi connectivity index (χ4v) is 1.64. The van der Waals surface area contributed by atoms with E-state index in [1.54, 1.807) is 0 Å². The monoisotopic (exact) mass is 227 g/mol. The Morgan fingerprint density at radius 1 is 1.00 bits per heavy atom. The Morgan fingerprint density at radius 3 is 2.25 bits per heavy atom. The van der Waals surface area contributed by atoms with Gasteiger partial charge in [-0.3, -0.25) is 4.79 Å². The molecule has 0 unspecified atom stereocenters. The van der Waals surface area contributed by atoms with E-state index in [1.165, 1.54) is 19.3 Å². The minimum atomic E-state index is 0.366. The molecular formula is C14H29NO. The van der Waals surface area contributed by atoms with Crippen LogP contribution in [0, 0.1) is 11.8 Å². The van der Waals surface area contributed by atoms with Gasteiger partial charge in [-0.15, -0.1) is 0 Å². The van der Waals surface area contributed by atoms with Crippen molar-refractivity contribution in [3.8, 4) is 0 Å². The third-order valence-electron chi connectivity index (χ3n) is 2.61. The van der Waals surface area contributed by atoms with Crippen molar-refractivity contribution < 1.29 is 4.79 Å². The zero-order valence-electron chi connectivity index (χ0n) is 11.5. The van der Waals surface area contributed by atoms with Crippen LogP contribution in [0.1, 0.15) is 59.8 Å². The molecule has 96 valence electrons. The van der Waals surface area contributed by atoms with E-state index in [0.29, 0.717) is 18.2 Å². The highest BCUT2D eigenvalue weighted by Gasteiger charge is 2.02. The zero-order chi connectivity index (χ0) is 12.4. The summed E-state index contributed by atoms with van der Waals surface area (Å²) in [5.41, 5.74) is 0. The number of carbonyl (C=O) groups is 1. The Balaban J connectivity index is 3.24. The van der Waals surface area contributed by atoms with Crippen LogP contribution in [0.25, 0.3) is 0 Å². The van der Waals surface area contributed by atoms with Gasteiger partial charge >= 0.3 is 0 Å². The van der Waals surface area contributed by atoms with Crippen molar-refractivity contribution in [2.45, 2.75) is 59.8 Å². The maximum atomic E-state index is 11.5. The summed E-state index contributed by atoms with van der Waals surface area (Å²) in [6.45, 7) is 10.3. The van der Waals surface area contributed by atoms with E-state index < -0.39 is 0 Å². The van der Waals surface area contributed by atoms with Crippen molar-refractivity contribution in [2.24, 2.45) is 11.8 Å². The van der Waals surface area contributed by atoms with Gasteiger partial charge < -0.3 is 5.32 Å². The van der Waals surface area contributed by atoms with E-state index in [9.17, 15) is 4.79 Å². The van der Waals surface area contributed by atoms with Crippen LogP contribution >= 0.6 is 0 Å². The van der Waals surface area contributed by atoms with E-state index in [1.807, 2.05) is 0 Å². The molecule has 0 fully saturated rings. The molecule has 0 heterocycles. The molecule has 0 aliphatic carbocycles. The van der Waals surface area contributed by atoms with Crippen LogP contribution < -0.4 is 5.32 Å². The van der Waals surface area contributed by atoms with E-state index in [4.69, 9.17) is 0 Å². The first-order valence-electron chi connectivity index (χ1n) is 6.74. The molecule has 0 aromatic rings. The standard InChI is InChI=1S/C14H29NO/c1-12(2)8-6-5-7-9-14(16)11-15-10-13(3)4/h12-13,15H,5-11H2,1-4H3. The molecule has 0 aliphatic rings. The lowest BCUT2D eigenvalue weighted by molar-refractivity contribution is -0.118. The number of rotatable bonds is 10. The normalized spacial score (nSPS) is 11.4. The van der Waals surface area contributed by atoms with Crippen molar-refractivity contribution >= 4 is 5.78 Å². The van der Waals surface area contributed by atoms with E-state index in [2.05, 4.69) is 33.0 Å². The Kier molecular flexibility index (Phi) is 9.60. The summed E-state index contributed by atoms with van der Waals surface area (Å²) < 4.78 is 0. The predicted octanol–water partition coefficient (Wildman–Crippen LogP) is 3.41. The minimum absolute atomic E-state index is 0.366. The van der Waals surface area contributed by atoms with Crippen molar-refractivity contribution in [2.75, 3.05) is 13.1 Å². The second-order valence-corrected chi connectivity index (χ2v) is 5.56. The number of Topliss-reactive ketones (excluding diaryl/α,β-unsaturated/α-hetero) is 1. The molecule has 0 bridgehead atoms. The molecule has 0 radical (unpaired) electrons. The van der Waals surface area contributed by atoms with Gasteiger partial charge in [0.1, 0.15) is 5.78 Å². The van der Waals surface area contributed by atoms with Crippen LogP contribution in [-0.4, -0.2) is 18.9 Å².